The molecule has 3 heterocycles. The number of nitrogens with zero attached hydrogens (tertiary/aromatic N) is 1. The maximum absolute atomic E-state index is 12.8. The van der Waals surface area contributed by atoms with Gasteiger partial charge in [-0.3, -0.25) is 4.79 Å². The Morgan fingerprint density at radius 3 is 2.58 bits per heavy atom. The van der Waals surface area contributed by atoms with Gasteiger partial charge in [-0.25, -0.2) is 0 Å². The number of carbonyl (C=O) groups excluding carboxylic acids is 1. The second-order valence-corrected chi connectivity index (χ2v) is 7.80. The highest BCUT2D eigenvalue weighted by molar-refractivity contribution is 5.82. The van der Waals surface area contributed by atoms with E-state index in [1.165, 1.54) is 11.1 Å². The number of ether oxygens (including phenoxy) is 4. The van der Waals surface area contributed by atoms with Gasteiger partial charge in [0, 0.05) is 31.7 Å². The van der Waals surface area contributed by atoms with Crippen molar-refractivity contribution in [1.82, 2.24) is 4.90 Å². The first-order valence-electron chi connectivity index (χ1n) is 9.46. The van der Waals surface area contributed by atoms with Crippen molar-refractivity contribution in [2.45, 2.75) is 43.4 Å². The third-order valence-electron chi connectivity index (χ3n) is 6.82. The van der Waals surface area contributed by atoms with Gasteiger partial charge in [0.25, 0.3) is 0 Å². The number of amides is 1. The van der Waals surface area contributed by atoms with Crippen LogP contribution in [-0.4, -0.2) is 50.6 Å². The van der Waals surface area contributed by atoms with Gasteiger partial charge in [0.15, 0.2) is 17.3 Å². The standard InChI is InChI=1S/C20H25NO5/c1-23-16-9-13-3-6-21-18(22)10-14-12-19(25-7-8-26-19)4-5-20(14,21)15(13)11-17(16)24-2/h9,11,14H,3-8,10,12H2,1-2H3/t14-,20+/m0/s1. The maximum atomic E-state index is 12.8. The molecule has 0 unspecified atom stereocenters. The van der Waals surface area contributed by atoms with Crippen molar-refractivity contribution in [3.63, 3.8) is 0 Å². The smallest absolute Gasteiger partial charge is 0.223 e. The second kappa shape index (κ2) is 5.60. The van der Waals surface area contributed by atoms with Gasteiger partial charge >= 0.3 is 0 Å². The van der Waals surface area contributed by atoms with Gasteiger partial charge in [0.1, 0.15) is 0 Å². The topological polar surface area (TPSA) is 57.2 Å². The number of rotatable bonds is 2. The van der Waals surface area contributed by atoms with Crippen molar-refractivity contribution >= 4 is 5.91 Å². The molecule has 0 radical (unpaired) electrons. The second-order valence-electron chi connectivity index (χ2n) is 7.80. The maximum Gasteiger partial charge on any atom is 0.223 e. The van der Waals surface area contributed by atoms with Crippen molar-refractivity contribution in [3.05, 3.63) is 23.3 Å². The normalized spacial score (nSPS) is 31.5. The molecule has 3 fully saturated rings. The van der Waals surface area contributed by atoms with Crippen molar-refractivity contribution in [1.29, 1.82) is 0 Å². The lowest BCUT2D eigenvalue weighted by Gasteiger charge is -2.52. The quantitative estimate of drug-likeness (QED) is 0.811. The molecule has 6 nitrogen and oxygen atoms in total. The molecule has 0 aromatic heterocycles. The molecule has 140 valence electrons. The first-order valence-corrected chi connectivity index (χ1v) is 9.46. The molecule has 0 bridgehead atoms. The van der Waals surface area contributed by atoms with Gasteiger partial charge in [-0.1, -0.05) is 0 Å². The minimum atomic E-state index is -0.486. The highest BCUT2D eigenvalue weighted by Gasteiger charge is 2.62. The van der Waals surface area contributed by atoms with Crippen LogP contribution in [0, 0.1) is 5.92 Å². The summed E-state index contributed by atoms with van der Waals surface area (Å²) in [6.45, 7) is 2.07. The lowest BCUT2D eigenvalue weighted by Crippen LogP contribution is -2.56. The molecular formula is C20H25NO5. The highest BCUT2D eigenvalue weighted by Crippen LogP contribution is 2.59. The molecule has 0 N–H and O–H groups in total. The summed E-state index contributed by atoms with van der Waals surface area (Å²) >= 11 is 0. The number of carbonyl (C=O) groups is 1. The van der Waals surface area contributed by atoms with Crippen LogP contribution in [0.2, 0.25) is 0 Å². The summed E-state index contributed by atoms with van der Waals surface area (Å²) in [4.78, 5) is 15.0. The third-order valence-corrected chi connectivity index (χ3v) is 6.82. The van der Waals surface area contributed by atoms with Crippen LogP contribution in [0.25, 0.3) is 0 Å². The number of benzene rings is 1. The Kier molecular flexibility index (Phi) is 3.53. The molecule has 1 saturated carbocycles. The summed E-state index contributed by atoms with van der Waals surface area (Å²) in [6.07, 6.45) is 3.90. The third kappa shape index (κ3) is 2.03. The fourth-order valence-corrected chi connectivity index (χ4v) is 5.72. The van der Waals surface area contributed by atoms with E-state index in [1.807, 2.05) is 0 Å². The molecule has 3 aliphatic heterocycles. The van der Waals surface area contributed by atoms with Gasteiger partial charge < -0.3 is 23.8 Å². The SMILES string of the molecule is COc1cc2c(cc1OC)[C@@]13CCC4(C[C@@H]1CC(=O)N3CC2)OCCO4. The number of fused-ring (bicyclic) bond motifs is 1. The Balaban J connectivity index is 1.63. The van der Waals surface area contributed by atoms with E-state index in [0.29, 0.717) is 19.6 Å². The minimum Gasteiger partial charge on any atom is -0.493 e. The zero-order valence-electron chi connectivity index (χ0n) is 15.4. The summed E-state index contributed by atoms with van der Waals surface area (Å²) in [6, 6.07) is 4.19. The zero-order chi connectivity index (χ0) is 17.9. The predicted octanol–water partition coefficient (Wildman–Crippen LogP) is 2.23. The first kappa shape index (κ1) is 16.4. The average molecular weight is 359 g/mol. The van der Waals surface area contributed by atoms with Crippen LogP contribution in [0.15, 0.2) is 12.1 Å². The molecule has 1 aromatic carbocycles. The van der Waals surface area contributed by atoms with E-state index >= 15 is 0 Å². The molecule has 2 spiro atoms. The summed E-state index contributed by atoms with van der Waals surface area (Å²) in [5, 5.41) is 0. The molecule has 26 heavy (non-hydrogen) atoms. The molecule has 2 atom stereocenters. The van der Waals surface area contributed by atoms with E-state index in [1.54, 1.807) is 14.2 Å². The summed E-state index contributed by atoms with van der Waals surface area (Å²) in [7, 11) is 3.33. The molecule has 1 aliphatic carbocycles. The number of methoxy groups -OCH3 is 2. The molecule has 1 amide bonds. The van der Waals surface area contributed by atoms with Gasteiger partial charge in [0.2, 0.25) is 5.91 Å². The lowest BCUT2D eigenvalue weighted by molar-refractivity contribution is -0.205. The zero-order valence-corrected chi connectivity index (χ0v) is 15.4. The molecular weight excluding hydrogens is 334 g/mol. The Labute approximate surface area is 153 Å². The van der Waals surface area contributed by atoms with Gasteiger partial charge in [-0.2, -0.15) is 0 Å². The summed E-state index contributed by atoms with van der Waals surface area (Å²) in [5.74, 6) is 1.46. The van der Waals surface area contributed by atoms with E-state index in [9.17, 15) is 4.79 Å². The van der Waals surface area contributed by atoms with Crippen LogP contribution >= 0.6 is 0 Å². The van der Waals surface area contributed by atoms with Crippen molar-refractivity contribution < 1.29 is 23.7 Å². The van der Waals surface area contributed by atoms with Crippen LogP contribution in [0.5, 0.6) is 11.5 Å². The van der Waals surface area contributed by atoms with E-state index in [-0.39, 0.29) is 17.4 Å². The van der Waals surface area contributed by atoms with Crippen LogP contribution < -0.4 is 9.47 Å². The molecule has 2 saturated heterocycles. The van der Waals surface area contributed by atoms with E-state index in [2.05, 4.69) is 17.0 Å². The minimum absolute atomic E-state index is 0.207. The highest BCUT2D eigenvalue weighted by atomic mass is 16.7. The molecule has 5 rings (SSSR count). The van der Waals surface area contributed by atoms with Gasteiger partial charge in [-0.05, 0) is 36.1 Å². The first-order chi connectivity index (χ1) is 12.6. The Bertz CT molecular complexity index is 757. The van der Waals surface area contributed by atoms with E-state index in [0.717, 1.165) is 43.7 Å². The summed E-state index contributed by atoms with van der Waals surface area (Å²) in [5.41, 5.74) is 2.23. The Morgan fingerprint density at radius 1 is 1.12 bits per heavy atom. The predicted molar refractivity (Wildman–Crippen MR) is 93.2 cm³/mol. The molecule has 4 aliphatic rings. The van der Waals surface area contributed by atoms with Crippen LogP contribution in [0.4, 0.5) is 0 Å². The van der Waals surface area contributed by atoms with Crippen LogP contribution in [0.1, 0.15) is 36.8 Å². The van der Waals surface area contributed by atoms with Gasteiger partial charge in [-0.15, -0.1) is 0 Å². The lowest BCUT2D eigenvalue weighted by atomic mass is 9.65. The average Bonchev–Trinajstić information content (AvgIpc) is 3.23. The fraction of sp³-hybridized carbons (Fsp3) is 0.650. The fourth-order valence-electron chi connectivity index (χ4n) is 5.72. The van der Waals surface area contributed by atoms with Crippen molar-refractivity contribution in [3.8, 4) is 11.5 Å². The summed E-state index contributed by atoms with van der Waals surface area (Å²) < 4.78 is 23.0. The van der Waals surface area contributed by atoms with Crippen LogP contribution in [0.3, 0.4) is 0 Å². The van der Waals surface area contributed by atoms with Crippen molar-refractivity contribution in [2.75, 3.05) is 34.0 Å². The Morgan fingerprint density at radius 2 is 1.85 bits per heavy atom. The van der Waals surface area contributed by atoms with E-state index < -0.39 is 5.79 Å². The monoisotopic (exact) mass is 359 g/mol. The Hall–Kier alpha value is -1.79. The van der Waals surface area contributed by atoms with Crippen LogP contribution in [-0.2, 0) is 26.2 Å². The van der Waals surface area contributed by atoms with Crippen molar-refractivity contribution in [2.24, 2.45) is 5.92 Å². The van der Waals surface area contributed by atoms with E-state index in [4.69, 9.17) is 18.9 Å². The largest absolute Gasteiger partial charge is 0.493 e. The number of hydrogen-bond acceptors (Lipinski definition) is 5. The molecule has 6 heteroatoms. The van der Waals surface area contributed by atoms with Gasteiger partial charge in [0.05, 0.1) is 33.0 Å². The molecule has 1 aromatic rings. The number of hydrogen-bond donors (Lipinski definition) is 0.